The Bertz CT molecular complexity index is 1010. The van der Waals surface area contributed by atoms with E-state index < -0.39 is 12.1 Å². The van der Waals surface area contributed by atoms with Crippen molar-refractivity contribution in [2.45, 2.75) is 12.8 Å². The fraction of sp³-hybridized carbons (Fsp3) is 0.200. The van der Waals surface area contributed by atoms with Crippen molar-refractivity contribution >= 4 is 28.7 Å². The zero-order valence-electron chi connectivity index (χ0n) is 15.2. The van der Waals surface area contributed by atoms with Crippen LogP contribution in [0.5, 0.6) is 5.75 Å². The third-order valence-corrected chi connectivity index (χ3v) is 4.56. The largest absolute Gasteiger partial charge is 0.496 e. The van der Waals surface area contributed by atoms with E-state index >= 15 is 0 Å². The molecule has 1 unspecified atom stereocenters. The maximum absolute atomic E-state index is 11.5. The molecule has 1 heterocycles. The molecule has 7 nitrogen and oxygen atoms in total. The number of amides is 1. The van der Waals surface area contributed by atoms with Crippen LogP contribution in [-0.4, -0.2) is 36.4 Å². The van der Waals surface area contributed by atoms with E-state index in [-0.39, 0.29) is 11.5 Å². The number of benzene rings is 2. The molecule has 0 aliphatic carbocycles. The number of anilines is 1. The minimum absolute atomic E-state index is 0.0649. The molecule has 0 spiro atoms. The van der Waals surface area contributed by atoms with Crippen molar-refractivity contribution in [3.05, 3.63) is 59.3 Å². The number of carbonyl (C=O) groups excluding carboxylic acids is 1. The summed E-state index contributed by atoms with van der Waals surface area (Å²) in [5.41, 5.74) is 3.59. The molecule has 2 aromatic carbocycles. The molecule has 7 heteroatoms. The summed E-state index contributed by atoms with van der Waals surface area (Å²) in [7, 11) is 2.83. The van der Waals surface area contributed by atoms with E-state index in [1.54, 1.807) is 18.2 Å². The van der Waals surface area contributed by atoms with E-state index in [0.717, 1.165) is 22.0 Å². The molecule has 1 atom stereocenters. The van der Waals surface area contributed by atoms with Crippen molar-refractivity contribution in [2.75, 3.05) is 19.5 Å². The Kier molecular flexibility index (Phi) is 5.03. The summed E-state index contributed by atoms with van der Waals surface area (Å²) in [6, 6.07) is 10.4. The quantitative estimate of drug-likeness (QED) is 0.626. The summed E-state index contributed by atoms with van der Waals surface area (Å²) in [6.45, 7) is 2.02. The Hall–Kier alpha value is -3.48. The fourth-order valence-corrected chi connectivity index (χ4v) is 3.12. The zero-order chi connectivity index (χ0) is 19.6. The number of carboxylic acids is 1. The van der Waals surface area contributed by atoms with Gasteiger partial charge in [-0.1, -0.05) is 13.0 Å². The highest BCUT2D eigenvalue weighted by Crippen LogP contribution is 2.36. The van der Waals surface area contributed by atoms with Gasteiger partial charge in [0, 0.05) is 34.3 Å². The highest BCUT2D eigenvalue weighted by atomic mass is 16.5. The van der Waals surface area contributed by atoms with Gasteiger partial charge >= 0.3 is 12.1 Å². The highest BCUT2D eigenvalue weighted by Gasteiger charge is 2.19. The second kappa shape index (κ2) is 7.41. The number of rotatable bonds is 5. The minimum Gasteiger partial charge on any atom is -0.496 e. The minimum atomic E-state index is -1.00. The summed E-state index contributed by atoms with van der Waals surface area (Å²) in [5.74, 6) is -0.552. The number of carbonyl (C=O) groups is 2. The van der Waals surface area contributed by atoms with E-state index in [1.165, 1.54) is 20.3 Å². The Balaban J connectivity index is 2.03. The number of hydrogen-bond donors (Lipinski definition) is 3. The molecule has 0 aliphatic heterocycles. The lowest BCUT2D eigenvalue weighted by Crippen LogP contribution is -2.10. The molecule has 0 bridgehead atoms. The van der Waals surface area contributed by atoms with Crippen LogP contribution in [0.2, 0.25) is 0 Å². The lowest BCUT2D eigenvalue weighted by atomic mass is 9.91. The van der Waals surface area contributed by atoms with Gasteiger partial charge in [0.05, 0.1) is 19.8 Å². The first-order valence-electron chi connectivity index (χ1n) is 8.31. The predicted octanol–water partition coefficient (Wildman–Crippen LogP) is 4.20. The van der Waals surface area contributed by atoms with Crippen LogP contribution in [0.3, 0.4) is 0 Å². The first-order valence-corrected chi connectivity index (χ1v) is 8.31. The first-order chi connectivity index (χ1) is 12.9. The van der Waals surface area contributed by atoms with Gasteiger partial charge in [-0.3, -0.25) is 5.32 Å². The van der Waals surface area contributed by atoms with Crippen LogP contribution in [0.1, 0.15) is 34.3 Å². The molecule has 3 N–H and O–H groups in total. The van der Waals surface area contributed by atoms with Crippen LogP contribution in [0.4, 0.5) is 10.5 Å². The van der Waals surface area contributed by atoms with Gasteiger partial charge in [0.25, 0.3) is 0 Å². The number of aromatic nitrogens is 1. The molecule has 0 aliphatic rings. The van der Waals surface area contributed by atoms with Crippen LogP contribution < -0.4 is 10.1 Å². The number of methoxy groups -OCH3 is 2. The number of aromatic carboxylic acids is 1. The highest BCUT2D eigenvalue weighted by molar-refractivity contribution is 5.92. The summed E-state index contributed by atoms with van der Waals surface area (Å²) < 4.78 is 10.0. The predicted molar refractivity (Wildman–Crippen MR) is 102 cm³/mol. The van der Waals surface area contributed by atoms with Crippen LogP contribution in [0.15, 0.2) is 42.6 Å². The van der Waals surface area contributed by atoms with E-state index in [0.29, 0.717) is 11.4 Å². The number of hydrogen-bond acceptors (Lipinski definition) is 4. The molecule has 0 radical (unpaired) electrons. The van der Waals surface area contributed by atoms with E-state index in [4.69, 9.17) is 4.74 Å². The van der Waals surface area contributed by atoms with Crippen molar-refractivity contribution in [1.82, 2.24) is 4.98 Å². The third-order valence-electron chi connectivity index (χ3n) is 4.56. The fourth-order valence-electron chi connectivity index (χ4n) is 3.12. The van der Waals surface area contributed by atoms with Gasteiger partial charge in [-0.2, -0.15) is 0 Å². The molecule has 0 saturated heterocycles. The van der Waals surface area contributed by atoms with Crippen LogP contribution in [0, 0.1) is 0 Å². The number of H-pyrrole nitrogens is 1. The van der Waals surface area contributed by atoms with E-state index in [9.17, 15) is 14.7 Å². The van der Waals surface area contributed by atoms with E-state index in [2.05, 4.69) is 15.0 Å². The van der Waals surface area contributed by atoms with Crippen LogP contribution in [0.25, 0.3) is 10.9 Å². The van der Waals surface area contributed by atoms with Crippen molar-refractivity contribution in [2.24, 2.45) is 0 Å². The zero-order valence-corrected chi connectivity index (χ0v) is 15.2. The SMILES string of the molecule is COC(=O)Nc1ccc2[nH]cc(C(C)c3ccc(C(=O)O)cc3OC)c2c1. The van der Waals surface area contributed by atoms with Crippen molar-refractivity contribution in [3.63, 3.8) is 0 Å². The molecule has 0 saturated carbocycles. The Morgan fingerprint density at radius 2 is 1.89 bits per heavy atom. The standard InChI is InChI=1S/C20H20N2O5/c1-11(14-6-4-12(19(23)24)8-18(14)26-2)16-10-21-17-7-5-13(9-15(16)17)22-20(25)27-3/h4-11,21H,1-3H3,(H,22,25)(H,23,24). The maximum atomic E-state index is 11.5. The number of fused-ring (bicyclic) bond motifs is 1. The lowest BCUT2D eigenvalue weighted by molar-refractivity contribution is 0.0696. The summed E-state index contributed by atoms with van der Waals surface area (Å²) >= 11 is 0. The number of aromatic amines is 1. The second-order valence-corrected chi connectivity index (χ2v) is 6.10. The van der Waals surface area contributed by atoms with Gasteiger partial charge in [-0.15, -0.1) is 0 Å². The molecular weight excluding hydrogens is 348 g/mol. The van der Waals surface area contributed by atoms with Gasteiger partial charge in [0.2, 0.25) is 0 Å². The normalized spacial score (nSPS) is 11.8. The second-order valence-electron chi connectivity index (χ2n) is 6.10. The smallest absolute Gasteiger partial charge is 0.411 e. The Labute approximate surface area is 155 Å². The molecule has 3 rings (SSSR count). The van der Waals surface area contributed by atoms with Crippen LogP contribution >= 0.6 is 0 Å². The first kappa shape index (κ1) is 18.3. The van der Waals surface area contributed by atoms with Gasteiger partial charge in [-0.05, 0) is 35.9 Å². The van der Waals surface area contributed by atoms with Crippen molar-refractivity contribution in [3.8, 4) is 5.75 Å². The third kappa shape index (κ3) is 3.57. The summed E-state index contributed by atoms with van der Waals surface area (Å²) in [6.07, 6.45) is 1.37. The van der Waals surface area contributed by atoms with Gasteiger partial charge in [-0.25, -0.2) is 9.59 Å². The lowest BCUT2D eigenvalue weighted by Gasteiger charge is -2.16. The van der Waals surface area contributed by atoms with E-state index in [1.807, 2.05) is 25.3 Å². The molecular formula is C20H20N2O5. The Morgan fingerprint density at radius 1 is 1.11 bits per heavy atom. The number of carboxylic acid groups (broad SMARTS) is 1. The molecule has 140 valence electrons. The molecule has 1 aromatic heterocycles. The molecule has 1 amide bonds. The topological polar surface area (TPSA) is 101 Å². The molecule has 0 fully saturated rings. The van der Waals surface area contributed by atoms with Crippen molar-refractivity contribution < 1.29 is 24.2 Å². The molecule has 3 aromatic rings. The number of ether oxygens (including phenoxy) is 2. The maximum Gasteiger partial charge on any atom is 0.411 e. The number of nitrogens with one attached hydrogen (secondary N) is 2. The van der Waals surface area contributed by atoms with Gasteiger partial charge < -0.3 is 19.6 Å². The monoisotopic (exact) mass is 368 g/mol. The van der Waals surface area contributed by atoms with Gasteiger partial charge in [0.1, 0.15) is 5.75 Å². The summed E-state index contributed by atoms with van der Waals surface area (Å²) in [5, 5.41) is 12.8. The average Bonchev–Trinajstić information content (AvgIpc) is 3.09. The van der Waals surface area contributed by atoms with Crippen LogP contribution in [-0.2, 0) is 4.74 Å². The Morgan fingerprint density at radius 3 is 2.56 bits per heavy atom. The summed E-state index contributed by atoms with van der Waals surface area (Å²) in [4.78, 5) is 25.9. The average molecular weight is 368 g/mol. The van der Waals surface area contributed by atoms with Gasteiger partial charge in [0.15, 0.2) is 0 Å². The van der Waals surface area contributed by atoms with Crippen molar-refractivity contribution in [1.29, 1.82) is 0 Å². The molecule has 27 heavy (non-hydrogen) atoms.